The van der Waals surface area contributed by atoms with Crippen LogP contribution in [0.4, 0.5) is 8.78 Å². The lowest BCUT2D eigenvalue weighted by Crippen LogP contribution is -2.43. The first-order valence-corrected chi connectivity index (χ1v) is 11.2. The number of nitriles is 1. The number of nitrogens with one attached hydrogen (secondary N) is 1. The Labute approximate surface area is 214 Å². The quantitative estimate of drug-likeness (QED) is 0.348. The number of methoxy groups -OCH3 is 1. The first kappa shape index (κ1) is 25.5. The molecular formula is C27H18ClF2N3O4. The largest absolute Gasteiger partial charge is 0.496 e. The number of carboxylic acid groups (broad SMARTS) is 1. The average molecular weight is 522 g/mol. The summed E-state index contributed by atoms with van der Waals surface area (Å²) in [5, 5.41) is 22.0. The molecule has 0 spiro atoms. The third-order valence-electron chi connectivity index (χ3n) is 5.78. The third-order valence-corrected chi connectivity index (χ3v) is 6.09. The molecule has 0 saturated heterocycles. The normalized spacial score (nSPS) is 11.5. The molecule has 1 aromatic heterocycles. The molecule has 4 rings (SSSR count). The molecule has 186 valence electrons. The molecule has 0 radical (unpaired) electrons. The lowest BCUT2D eigenvalue weighted by Gasteiger charge is -2.18. The number of hydrogen-bond acceptors (Lipinski definition) is 5. The van der Waals surface area contributed by atoms with E-state index in [1.807, 2.05) is 6.07 Å². The van der Waals surface area contributed by atoms with Crippen LogP contribution < -0.4 is 10.1 Å². The standard InChI is InChI=1S/C27H18ClF2N3O4/c1-37-23-11-15(13-31)19(28)12-18(23)17-8-7-14(16-4-3-9-32-25(16)17)10-22(27(35)36)33-26(34)24-20(29)5-2-6-21(24)30/h2-9,11-12,22H,10H2,1H3,(H,33,34)(H,35,36)/t22-/m0/s1. The number of pyridine rings is 1. The van der Waals surface area contributed by atoms with Gasteiger partial charge in [-0.15, -0.1) is 0 Å². The number of carbonyl (C=O) groups is 2. The zero-order valence-electron chi connectivity index (χ0n) is 19.3. The first-order chi connectivity index (χ1) is 17.7. The molecule has 0 unspecified atom stereocenters. The molecule has 1 heterocycles. The summed E-state index contributed by atoms with van der Waals surface area (Å²) >= 11 is 6.26. The van der Waals surface area contributed by atoms with E-state index in [-0.39, 0.29) is 17.0 Å². The summed E-state index contributed by atoms with van der Waals surface area (Å²) in [5.41, 5.74) is 1.58. The number of fused-ring (bicyclic) bond motifs is 1. The highest BCUT2D eigenvalue weighted by Crippen LogP contribution is 2.38. The highest BCUT2D eigenvalue weighted by molar-refractivity contribution is 6.32. The van der Waals surface area contributed by atoms with Gasteiger partial charge < -0.3 is 15.2 Å². The molecule has 0 aliphatic carbocycles. The van der Waals surface area contributed by atoms with Gasteiger partial charge in [-0.1, -0.05) is 35.9 Å². The van der Waals surface area contributed by atoms with E-state index < -0.39 is 35.1 Å². The van der Waals surface area contributed by atoms with Crippen LogP contribution in [0, 0.1) is 23.0 Å². The first-order valence-electron chi connectivity index (χ1n) is 10.9. The Balaban J connectivity index is 1.74. The number of carbonyl (C=O) groups excluding carboxylic acids is 1. The van der Waals surface area contributed by atoms with Gasteiger partial charge in [-0.3, -0.25) is 9.78 Å². The molecule has 1 atom stereocenters. The number of aromatic nitrogens is 1. The van der Waals surface area contributed by atoms with Crippen LogP contribution in [0.25, 0.3) is 22.0 Å². The SMILES string of the molecule is COc1cc(C#N)c(Cl)cc1-c1ccc(C[C@H](NC(=O)c2c(F)cccc2F)C(=O)O)c2cccnc12. The van der Waals surface area contributed by atoms with Gasteiger partial charge in [0, 0.05) is 35.2 Å². The van der Waals surface area contributed by atoms with Crippen LogP contribution in [0.3, 0.4) is 0 Å². The van der Waals surface area contributed by atoms with Crippen LogP contribution in [0.1, 0.15) is 21.5 Å². The molecule has 2 N–H and O–H groups in total. The number of halogens is 3. The van der Waals surface area contributed by atoms with E-state index in [1.165, 1.54) is 13.2 Å². The number of carboxylic acids is 1. The van der Waals surface area contributed by atoms with Gasteiger partial charge in [-0.25, -0.2) is 13.6 Å². The highest BCUT2D eigenvalue weighted by Gasteiger charge is 2.26. The van der Waals surface area contributed by atoms with Crippen molar-refractivity contribution in [2.45, 2.75) is 12.5 Å². The summed E-state index contributed by atoms with van der Waals surface area (Å²) in [6.07, 6.45) is 1.37. The van der Waals surface area contributed by atoms with Crippen molar-refractivity contribution in [3.8, 4) is 22.9 Å². The summed E-state index contributed by atoms with van der Waals surface area (Å²) < 4.78 is 33.5. The maximum absolute atomic E-state index is 14.0. The summed E-state index contributed by atoms with van der Waals surface area (Å²) in [6, 6.07) is 13.3. The Morgan fingerprint density at radius 3 is 2.51 bits per heavy atom. The minimum Gasteiger partial charge on any atom is -0.496 e. The summed E-state index contributed by atoms with van der Waals surface area (Å²) in [6.45, 7) is 0. The molecule has 37 heavy (non-hydrogen) atoms. The molecule has 0 aliphatic rings. The van der Waals surface area contributed by atoms with Crippen LogP contribution in [0.5, 0.6) is 5.75 Å². The molecule has 0 aliphatic heterocycles. The maximum atomic E-state index is 14.0. The number of hydrogen-bond donors (Lipinski definition) is 2. The average Bonchev–Trinajstić information content (AvgIpc) is 2.88. The zero-order valence-corrected chi connectivity index (χ0v) is 20.0. The Morgan fingerprint density at radius 1 is 1.14 bits per heavy atom. The molecule has 0 saturated carbocycles. The van der Waals surface area contributed by atoms with Crippen molar-refractivity contribution in [3.63, 3.8) is 0 Å². The molecule has 7 nitrogen and oxygen atoms in total. The fourth-order valence-electron chi connectivity index (χ4n) is 4.01. The van der Waals surface area contributed by atoms with Crippen molar-refractivity contribution in [2.75, 3.05) is 7.11 Å². The van der Waals surface area contributed by atoms with Crippen molar-refractivity contribution in [1.82, 2.24) is 10.3 Å². The molecule has 4 aromatic rings. The van der Waals surface area contributed by atoms with Crippen LogP contribution >= 0.6 is 11.6 Å². The Kier molecular flexibility index (Phi) is 7.32. The number of benzene rings is 3. The van der Waals surface area contributed by atoms with E-state index in [9.17, 15) is 28.7 Å². The van der Waals surface area contributed by atoms with E-state index in [0.29, 0.717) is 33.3 Å². The summed E-state index contributed by atoms with van der Waals surface area (Å²) in [4.78, 5) is 29.0. The van der Waals surface area contributed by atoms with Gasteiger partial charge in [0.05, 0.1) is 23.2 Å². The summed E-state index contributed by atoms with van der Waals surface area (Å²) in [7, 11) is 1.45. The number of nitrogens with zero attached hydrogens (tertiary/aromatic N) is 2. The van der Waals surface area contributed by atoms with Crippen LogP contribution in [-0.4, -0.2) is 35.1 Å². The van der Waals surface area contributed by atoms with Crippen LogP contribution in [-0.2, 0) is 11.2 Å². The van der Waals surface area contributed by atoms with Gasteiger partial charge in [0.15, 0.2) is 0 Å². The lowest BCUT2D eigenvalue weighted by molar-refractivity contribution is -0.139. The van der Waals surface area contributed by atoms with Gasteiger partial charge in [0.2, 0.25) is 0 Å². The molecule has 0 fully saturated rings. The van der Waals surface area contributed by atoms with E-state index in [2.05, 4.69) is 10.3 Å². The predicted octanol–water partition coefficient (Wildman–Crippen LogP) is 5.14. The Morgan fingerprint density at radius 2 is 1.86 bits per heavy atom. The van der Waals surface area contributed by atoms with Gasteiger partial charge in [-0.05, 0) is 29.8 Å². The van der Waals surface area contributed by atoms with Crippen molar-refractivity contribution < 1.29 is 28.2 Å². The Hall–Kier alpha value is -4.55. The molecule has 10 heteroatoms. The lowest BCUT2D eigenvalue weighted by atomic mass is 9.94. The Bertz CT molecular complexity index is 1570. The monoisotopic (exact) mass is 521 g/mol. The maximum Gasteiger partial charge on any atom is 0.326 e. The van der Waals surface area contributed by atoms with Crippen molar-refractivity contribution in [3.05, 3.63) is 94.1 Å². The van der Waals surface area contributed by atoms with E-state index >= 15 is 0 Å². The van der Waals surface area contributed by atoms with Crippen molar-refractivity contribution in [1.29, 1.82) is 5.26 Å². The van der Waals surface area contributed by atoms with Gasteiger partial charge in [-0.2, -0.15) is 5.26 Å². The zero-order chi connectivity index (χ0) is 26.7. The number of ether oxygens (including phenoxy) is 1. The van der Waals surface area contributed by atoms with E-state index in [1.54, 1.807) is 36.5 Å². The summed E-state index contributed by atoms with van der Waals surface area (Å²) in [5.74, 6) is -4.37. The predicted molar refractivity (Wildman–Crippen MR) is 132 cm³/mol. The fraction of sp³-hybridized carbons (Fsp3) is 0.111. The minimum atomic E-state index is -1.49. The van der Waals surface area contributed by atoms with Crippen LogP contribution in [0.15, 0.2) is 60.8 Å². The van der Waals surface area contributed by atoms with Crippen LogP contribution in [0.2, 0.25) is 5.02 Å². The van der Waals surface area contributed by atoms with Crippen molar-refractivity contribution >= 4 is 34.4 Å². The van der Waals surface area contributed by atoms with E-state index in [4.69, 9.17) is 16.3 Å². The molecule has 1 amide bonds. The molecular weight excluding hydrogens is 504 g/mol. The highest BCUT2D eigenvalue weighted by atomic mass is 35.5. The number of amides is 1. The van der Waals surface area contributed by atoms with Gasteiger partial charge >= 0.3 is 5.97 Å². The van der Waals surface area contributed by atoms with Gasteiger partial charge in [0.25, 0.3) is 5.91 Å². The van der Waals surface area contributed by atoms with Crippen molar-refractivity contribution in [2.24, 2.45) is 0 Å². The van der Waals surface area contributed by atoms with Gasteiger partial charge in [0.1, 0.15) is 35.1 Å². The number of rotatable bonds is 7. The number of aliphatic carboxylic acids is 1. The van der Waals surface area contributed by atoms with E-state index in [0.717, 1.165) is 18.2 Å². The minimum absolute atomic E-state index is 0.190. The molecule has 0 bridgehead atoms. The third kappa shape index (κ3) is 5.06. The fourth-order valence-corrected chi connectivity index (χ4v) is 4.22. The molecule has 3 aromatic carbocycles. The smallest absolute Gasteiger partial charge is 0.326 e. The second-order valence-corrected chi connectivity index (χ2v) is 8.39. The second kappa shape index (κ2) is 10.6. The second-order valence-electron chi connectivity index (χ2n) is 7.98. The topological polar surface area (TPSA) is 112 Å².